The van der Waals surface area contributed by atoms with Crippen LogP contribution in [0.2, 0.25) is 0 Å². The summed E-state index contributed by atoms with van der Waals surface area (Å²) in [6.07, 6.45) is 1.03. The van der Waals surface area contributed by atoms with Crippen molar-refractivity contribution in [2.24, 2.45) is 11.7 Å². The predicted molar refractivity (Wildman–Crippen MR) is 66.3 cm³/mol. The van der Waals surface area contributed by atoms with Crippen LogP contribution in [0.1, 0.15) is 18.9 Å². The fraction of sp³-hybridized carbons (Fsp3) is 0.538. The Labute approximate surface area is 101 Å². The lowest BCUT2D eigenvalue weighted by molar-refractivity contribution is 0.244. The summed E-state index contributed by atoms with van der Waals surface area (Å²) in [5.74, 6) is 0.170. The van der Waals surface area contributed by atoms with E-state index in [4.69, 9.17) is 5.73 Å². The minimum Gasteiger partial charge on any atom is -0.394 e. The predicted octanol–water partition coefficient (Wildman–Crippen LogP) is 1.49. The molecule has 2 rings (SSSR count). The molecule has 0 amide bonds. The van der Waals surface area contributed by atoms with E-state index in [2.05, 4.69) is 11.8 Å². The maximum absolute atomic E-state index is 13.5. The second kappa shape index (κ2) is 5.02. The molecule has 0 saturated carbocycles. The minimum atomic E-state index is -0.265. The third-order valence-electron chi connectivity index (χ3n) is 3.58. The van der Waals surface area contributed by atoms with Gasteiger partial charge in [0.05, 0.1) is 12.6 Å². The van der Waals surface area contributed by atoms with Crippen LogP contribution in [-0.4, -0.2) is 24.3 Å². The number of aliphatic hydroxyl groups excluding tert-OH is 1. The van der Waals surface area contributed by atoms with Crippen LogP contribution in [0.4, 0.5) is 10.1 Å². The van der Waals surface area contributed by atoms with Crippen molar-refractivity contribution in [3.05, 3.63) is 29.6 Å². The molecule has 1 aromatic carbocycles. The summed E-state index contributed by atoms with van der Waals surface area (Å²) in [7, 11) is 0. The first-order chi connectivity index (χ1) is 8.15. The highest BCUT2D eigenvalue weighted by molar-refractivity contribution is 5.51. The highest BCUT2D eigenvalue weighted by Crippen LogP contribution is 2.30. The Kier molecular flexibility index (Phi) is 3.64. The van der Waals surface area contributed by atoms with Gasteiger partial charge in [-0.1, -0.05) is 6.92 Å². The van der Waals surface area contributed by atoms with E-state index in [-0.39, 0.29) is 18.5 Å². The Bertz CT molecular complexity index is 397. The van der Waals surface area contributed by atoms with Crippen LogP contribution >= 0.6 is 0 Å². The third-order valence-corrected chi connectivity index (χ3v) is 3.58. The number of hydrogen-bond acceptors (Lipinski definition) is 3. The van der Waals surface area contributed by atoms with Gasteiger partial charge in [-0.25, -0.2) is 4.39 Å². The molecule has 2 atom stereocenters. The monoisotopic (exact) mass is 238 g/mol. The van der Waals surface area contributed by atoms with Gasteiger partial charge in [-0.15, -0.1) is 0 Å². The summed E-state index contributed by atoms with van der Waals surface area (Å²) in [6.45, 7) is 3.41. The fourth-order valence-corrected chi connectivity index (χ4v) is 2.52. The molecule has 1 fully saturated rings. The Morgan fingerprint density at radius 3 is 2.88 bits per heavy atom. The molecule has 1 heterocycles. The lowest BCUT2D eigenvalue weighted by Gasteiger charge is -2.27. The molecular formula is C13H19FN2O. The molecule has 0 bridgehead atoms. The van der Waals surface area contributed by atoms with Gasteiger partial charge in [0.1, 0.15) is 5.82 Å². The van der Waals surface area contributed by atoms with Crippen LogP contribution in [0.25, 0.3) is 0 Å². The quantitative estimate of drug-likeness (QED) is 0.839. The van der Waals surface area contributed by atoms with Gasteiger partial charge < -0.3 is 15.7 Å². The number of hydrogen-bond donors (Lipinski definition) is 2. The van der Waals surface area contributed by atoms with Crippen molar-refractivity contribution in [2.45, 2.75) is 25.9 Å². The van der Waals surface area contributed by atoms with E-state index >= 15 is 0 Å². The first-order valence-electron chi connectivity index (χ1n) is 6.02. The maximum atomic E-state index is 13.5. The van der Waals surface area contributed by atoms with E-state index in [0.717, 1.165) is 24.2 Å². The van der Waals surface area contributed by atoms with Crippen molar-refractivity contribution >= 4 is 5.69 Å². The summed E-state index contributed by atoms with van der Waals surface area (Å²) in [5, 5.41) is 9.40. The number of aliphatic hydroxyl groups is 1. The Morgan fingerprint density at radius 2 is 2.24 bits per heavy atom. The van der Waals surface area contributed by atoms with Crippen molar-refractivity contribution < 1.29 is 9.50 Å². The van der Waals surface area contributed by atoms with Gasteiger partial charge in [-0.3, -0.25) is 0 Å². The first kappa shape index (κ1) is 12.3. The highest BCUT2D eigenvalue weighted by atomic mass is 19.1. The molecular weight excluding hydrogens is 219 g/mol. The Balaban J connectivity index is 2.30. The van der Waals surface area contributed by atoms with Crippen molar-refractivity contribution in [3.8, 4) is 0 Å². The van der Waals surface area contributed by atoms with E-state index in [0.29, 0.717) is 12.5 Å². The van der Waals surface area contributed by atoms with Crippen LogP contribution in [0, 0.1) is 11.7 Å². The van der Waals surface area contributed by atoms with E-state index in [1.807, 2.05) is 6.07 Å². The maximum Gasteiger partial charge on any atom is 0.125 e. The number of halogens is 1. The fourth-order valence-electron chi connectivity index (χ4n) is 2.52. The summed E-state index contributed by atoms with van der Waals surface area (Å²) in [5.41, 5.74) is 7.16. The van der Waals surface area contributed by atoms with Crippen molar-refractivity contribution in [1.29, 1.82) is 0 Å². The van der Waals surface area contributed by atoms with Gasteiger partial charge in [-0.2, -0.15) is 0 Å². The Hall–Kier alpha value is -1.13. The average Bonchev–Trinajstić information content (AvgIpc) is 2.69. The van der Waals surface area contributed by atoms with Crippen LogP contribution in [-0.2, 0) is 6.54 Å². The number of nitrogens with two attached hydrogens (primary N) is 1. The van der Waals surface area contributed by atoms with E-state index in [1.165, 1.54) is 12.1 Å². The summed E-state index contributed by atoms with van der Waals surface area (Å²) < 4.78 is 13.5. The lowest BCUT2D eigenvalue weighted by Crippen LogP contribution is -2.35. The zero-order chi connectivity index (χ0) is 12.4. The number of anilines is 1. The van der Waals surface area contributed by atoms with E-state index in [1.54, 1.807) is 0 Å². The topological polar surface area (TPSA) is 49.5 Å². The van der Waals surface area contributed by atoms with Crippen molar-refractivity contribution in [2.75, 3.05) is 18.1 Å². The van der Waals surface area contributed by atoms with Crippen LogP contribution in [0.3, 0.4) is 0 Å². The SMILES string of the molecule is CC1CCN(c2cc(F)cc(CN)c2)C1CO. The molecule has 17 heavy (non-hydrogen) atoms. The van der Waals surface area contributed by atoms with Crippen LogP contribution in [0.15, 0.2) is 18.2 Å². The summed E-state index contributed by atoms with van der Waals surface area (Å²) >= 11 is 0. The smallest absolute Gasteiger partial charge is 0.125 e. The molecule has 0 radical (unpaired) electrons. The van der Waals surface area contributed by atoms with E-state index in [9.17, 15) is 9.50 Å². The molecule has 0 spiro atoms. The van der Waals surface area contributed by atoms with Gasteiger partial charge in [0, 0.05) is 18.8 Å². The second-order valence-electron chi connectivity index (χ2n) is 4.73. The first-order valence-corrected chi connectivity index (χ1v) is 6.02. The van der Waals surface area contributed by atoms with Gasteiger partial charge in [-0.05, 0) is 36.1 Å². The van der Waals surface area contributed by atoms with Gasteiger partial charge in [0.15, 0.2) is 0 Å². The molecule has 1 aliphatic rings. The zero-order valence-corrected chi connectivity index (χ0v) is 10.1. The molecule has 4 heteroatoms. The minimum absolute atomic E-state index is 0.0856. The normalized spacial score (nSPS) is 24.4. The van der Waals surface area contributed by atoms with E-state index < -0.39 is 0 Å². The standard InChI is InChI=1S/C13H19FN2O/c1-9-2-3-16(13(9)8-17)12-5-10(7-15)4-11(14)6-12/h4-6,9,13,17H,2-3,7-8,15H2,1H3. The molecule has 1 aromatic rings. The van der Waals surface area contributed by atoms with Gasteiger partial charge in [0.25, 0.3) is 0 Å². The highest BCUT2D eigenvalue weighted by Gasteiger charge is 2.30. The van der Waals surface area contributed by atoms with Crippen LogP contribution < -0.4 is 10.6 Å². The second-order valence-corrected chi connectivity index (χ2v) is 4.73. The number of nitrogens with zero attached hydrogens (tertiary/aromatic N) is 1. The van der Waals surface area contributed by atoms with Crippen LogP contribution in [0.5, 0.6) is 0 Å². The number of rotatable bonds is 3. The largest absolute Gasteiger partial charge is 0.394 e. The molecule has 0 aliphatic carbocycles. The van der Waals surface area contributed by atoms with Gasteiger partial charge >= 0.3 is 0 Å². The number of benzene rings is 1. The Morgan fingerprint density at radius 1 is 1.47 bits per heavy atom. The molecule has 94 valence electrons. The van der Waals surface area contributed by atoms with Crippen molar-refractivity contribution in [3.63, 3.8) is 0 Å². The molecule has 1 saturated heterocycles. The molecule has 0 aromatic heterocycles. The summed E-state index contributed by atoms with van der Waals surface area (Å²) in [6, 6.07) is 4.96. The zero-order valence-electron chi connectivity index (χ0n) is 10.1. The average molecular weight is 238 g/mol. The molecule has 3 N–H and O–H groups in total. The van der Waals surface area contributed by atoms with Crippen molar-refractivity contribution in [1.82, 2.24) is 0 Å². The molecule has 2 unspecified atom stereocenters. The molecule has 3 nitrogen and oxygen atoms in total. The lowest BCUT2D eigenvalue weighted by atomic mass is 10.0. The van der Waals surface area contributed by atoms with Gasteiger partial charge in [0.2, 0.25) is 0 Å². The summed E-state index contributed by atoms with van der Waals surface area (Å²) in [4.78, 5) is 2.08. The third kappa shape index (κ3) is 2.42. The molecule has 1 aliphatic heterocycles.